The van der Waals surface area contributed by atoms with Crippen molar-refractivity contribution >= 4 is 23.1 Å². The van der Waals surface area contributed by atoms with Crippen molar-refractivity contribution in [1.82, 2.24) is 10.3 Å². The van der Waals surface area contributed by atoms with E-state index in [0.717, 1.165) is 48.7 Å². The smallest absolute Gasteiger partial charge is 0.261 e. The molecule has 0 atom stereocenters. The number of carbonyl (C=O) groups is 1. The lowest BCUT2D eigenvalue weighted by atomic mass is 9.97. The molecule has 1 amide bonds. The van der Waals surface area contributed by atoms with E-state index in [1.807, 2.05) is 36.7 Å². The minimum Gasteiger partial charge on any atom is -0.357 e. The zero-order valence-corrected chi connectivity index (χ0v) is 13.6. The molecule has 4 nitrogen and oxygen atoms in total. The van der Waals surface area contributed by atoms with Crippen LogP contribution in [0.15, 0.2) is 35.8 Å². The first-order chi connectivity index (χ1) is 10.7. The van der Waals surface area contributed by atoms with Crippen LogP contribution in [0.4, 0.5) is 5.82 Å². The van der Waals surface area contributed by atoms with Gasteiger partial charge in [-0.15, -0.1) is 11.3 Å². The van der Waals surface area contributed by atoms with Gasteiger partial charge in [-0.25, -0.2) is 4.98 Å². The maximum absolute atomic E-state index is 12.1. The van der Waals surface area contributed by atoms with Crippen LogP contribution in [0.25, 0.3) is 0 Å². The molecule has 1 fully saturated rings. The van der Waals surface area contributed by atoms with Crippen molar-refractivity contribution in [2.24, 2.45) is 5.92 Å². The molecule has 0 spiro atoms. The first-order valence-corrected chi connectivity index (χ1v) is 8.59. The topological polar surface area (TPSA) is 45.2 Å². The van der Waals surface area contributed by atoms with Gasteiger partial charge in [0, 0.05) is 25.8 Å². The van der Waals surface area contributed by atoms with Crippen LogP contribution in [0, 0.1) is 12.8 Å². The minimum atomic E-state index is 0.0604. The molecule has 5 heteroatoms. The number of nitrogens with zero attached hydrogens (tertiary/aromatic N) is 2. The number of carbonyl (C=O) groups excluding carboxylic acids is 1. The molecule has 22 heavy (non-hydrogen) atoms. The second-order valence-corrected chi connectivity index (χ2v) is 6.73. The first kappa shape index (κ1) is 15.0. The Morgan fingerprint density at radius 3 is 2.86 bits per heavy atom. The maximum atomic E-state index is 12.1. The third-order valence-electron chi connectivity index (χ3n) is 4.09. The van der Waals surface area contributed by atoms with E-state index in [0.29, 0.717) is 5.92 Å². The van der Waals surface area contributed by atoms with Gasteiger partial charge in [0.2, 0.25) is 0 Å². The molecule has 3 rings (SSSR count). The lowest BCUT2D eigenvalue weighted by Gasteiger charge is -2.32. The van der Waals surface area contributed by atoms with Crippen molar-refractivity contribution < 1.29 is 4.79 Å². The van der Waals surface area contributed by atoms with Gasteiger partial charge >= 0.3 is 0 Å². The van der Waals surface area contributed by atoms with E-state index < -0.39 is 0 Å². The van der Waals surface area contributed by atoms with Crippen molar-refractivity contribution in [3.05, 3.63) is 46.3 Å². The standard InChI is InChI=1S/C17H21N3OS/c1-13-10-15(22-12-13)17(21)19-11-14-5-8-20(9-6-14)16-4-2-3-7-18-16/h2-4,7,10,12,14H,5-6,8-9,11H2,1H3,(H,19,21). The van der Waals surface area contributed by atoms with Crippen molar-refractivity contribution in [3.8, 4) is 0 Å². The van der Waals surface area contributed by atoms with Crippen molar-refractivity contribution in [1.29, 1.82) is 0 Å². The molecule has 0 aromatic carbocycles. The Labute approximate surface area is 135 Å². The molecule has 2 aromatic heterocycles. The van der Waals surface area contributed by atoms with Gasteiger partial charge in [0.15, 0.2) is 0 Å². The van der Waals surface area contributed by atoms with Crippen LogP contribution in [0.1, 0.15) is 28.1 Å². The molecule has 0 aliphatic carbocycles. The molecule has 3 heterocycles. The Bertz CT molecular complexity index is 618. The summed E-state index contributed by atoms with van der Waals surface area (Å²) in [5, 5.41) is 5.09. The molecule has 2 aromatic rings. The summed E-state index contributed by atoms with van der Waals surface area (Å²) in [7, 11) is 0. The largest absolute Gasteiger partial charge is 0.357 e. The third kappa shape index (κ3) is 3.65. The van der Waals surface area contributed by atoms with Crippen LogP contribution >= 0.6 is 11.3 Å². The van der Waals surface area contributed by atoms with Crippen molar-refractivity contribution in [3.63, 3.8) is 0 Å². The average Bonchev–Trinajstić information content (AvgIpc) is 3.00. The number of nitrogens with one attached hydrogen (secondary N) is 1. The number of thiophene rings is 1. The SMILES string of the molecule is Cc1csc(C(=O)NCC2CCN(c3ccccn3)CC2)c1. The zero-order valence-electron chi connectivity index (χ0n) is 12.8. The lowest BCUT2D eigenvalue weighted by Crippen LogP contribution is -2.38. The van der Waals surface area contributed by atoms with Gasteiger partial charge in [-0.3, -0.25) is 4.79 Å². The Hall–Kier alpha value is -1.88. The fourth-order valence-electron chi connectivity index (χ4n) is 2.78. The Balaban J connectivity index is 1.45. The van der Waals surface area contributed by atoms with E-state index in [-0.39, 0.29) is 5.91 Å². The van der Waals surface area contributed by atoms with Crippen LogP contribution in [0.5, 0.6) is 0 Å². The van der Waals surface area contributed by atoms with Crippen molar-refractivity contribution in [2.45, 2.75) is 19.8 Å². The van der Waals surface area contributed by atoms with Gasteiger partial charge in [0.1, 0.15) is 5.82 Å². The molecule has 1 aliphatic heterocycles. The van der Waals surface area contributed by atoms with Crippen LogP contribution in [-0.2, 0) is 0 Å². The van der Waals surface area contributed by atoms with Gasteiger partial charge in [-0.05, 0) is 54.8 Å². The fourth-order valence-corrected chi connectivity index (χ4v) is 3.60. The normalized spacial score (nSPS) is 15.8. The number of hydrogen-bond donors (Lipinski definition) is 1. The highest BCUT2D eigenvalue weighted by Crippen LogP contribution is 2.21. The van der Waals surface area contributed by atoms with E-state index in [4.69, 9.17) is 0 Å². The summed E-state index contributed by atoms with van der Waals surface area (Å²) in [6.45, 7) is 4.80. The van der Waals surface area contributed by atoms with E-state index in [1.54, 1.807) is 0 Å². The Morgan fingerprint density at radius 2 is 2.23 bits per heavy atom. The second-order valence-electron chi connectivity index (χ2n) is 5.82. The number of pyridine rings is 1. The number of aromatic nitrogens is 1. The van der Waals surface area contributed by atoms with Gasteiger partial charge < -0.3 is 10.2 Å². The molecule has 0 unspecified atom stereocenters. The van der Waals surface area contributed by atoms with E-state index in [9.17, 15) is 4.79 Å². The van der Waals surface area contributed by atoms with Crippen LogP contribution in [0.3, 0.4) is 0 Å². The molecule has 0 bridgehead atoms. The predicted octanol–water partition coefficient (Wildman–Crippen LogP) is 3.10. The summed E-state index contributed by atoms with van der Waals surface area (Å²) in [5.74, 6) is 1.68. The molecule has 0 radical (unpaired) electrons. The zero-order chi connectivity index (χ0) is 15.4. The molecule has 116 valence electrons. The molecule has 1 saturated heterocycles. The third-order valence-corrected chi connectivity index (χ3v) is 5.14. The van der Waals surface area contributed by atoms with Crippen LogP contribution < -0.4 is 10.2 Å². The fraction of sp³-hybridized carbons (Fsp3) is 0.412. The number of anilines is 1. The number of hydrogen-bond acceptors (Lipinski definition) is 4. The molecule has 0 saturated carbocycles. The van der Waals surface area contributed by atoms with E-state index in [1.165, 1.54) is 11.3 Å². The monoisotopic (exact) mass is 315 g/mol. The van der Waals surface area contributed by atoms with Crippen molar-refractivity contribution in [2.75, 3.05) is 24.5 Å². The number of amides is 1. The minimum absolute atomic E-state index is 0.0604. The highest BCUT2D eigenvalue weighted by Gasteiger charge is 2.20. The lowest BCUT2D eigenvalue weighted by molar-refractivity contribution is 0.0949. The number of aryl methyl sites for hydroxylation is 1. The average molecular weight is 315 g/mol. The molecular formula is C17H21N3OS. The predicted molar refractivity (Wildman–Crippen MR) is 90.6 cm³/mol. The van der Waals surface area contributed by atoms with E-state index in [2.05, 4.69) is 21.3 Å². The maximum Gasteiger partial charge on any atom is 0.261 e. The summed E-state index contributed by atoms with van der Waals surface area (Å²) < 4.78 is 0. The molecular weight excluding hydrogens is 294 g/mol. The number of piperidine rings is 1. The summed E-state index contributed by atoms with van der Waals surface area (Å²) in [5.41, 5.74) is 1.15. The number of rotatable bonds is 4. The Kier molecular flexibility index (Phi) is 4.73. The second kappa shape index (κ2) is 6.92. The van der Waals surface area contributed by atoms with Crippen LogP contribution in [-0.4, -0.2) is 30.5 Å². The summed E-state index contributed by atoms with van der Waals surface area (Å²) >= 11 is 1.51. The van der Waals surface area contributed by atoms with Gasteiger partial charge in [0.25, 0.3) is 5.91 Å². The van der Waals surface area contributed by atoms with Gasteiger partial charge in [0.05, 0.1) is 4.88 Å². The highest BCUT2D eigenvalue weighted by molar-refractivity contribution is 7.12. The summed E-state index contributed by atoms with van der Waals surface area (Å²) in [6, 6.07) is 7.97. The van der Waals surface area contributed by atoms with Crippen LogP contribution in [0.2, 0.25) is 0 Å². The highest BCUT2D eigenvalue weighted by atomic mass is 32.1. The molecule has 1 aliphatic rings. The quantitative estimate of drug-likeness (QED) is 0.943. The van der Waals surface area contributed by atoms with E-state index >= 15 is 0 Å². The van der Waals surface area contributed by atoms with Gasteiger partial charge in [-0.2, -0.15) is 0 Å². The summed E-state index contributed by atoms with van der Waals surface area (Å²) in [4.78, 5) is 19.6. The van der Waals surface area contributed by atoms with Gasteiger partial charge in [-0.1, -0.05) is 6.07 Å². The molecule has 1 N–H and O–H groups in total. The Morgan fingerprint density at radius 1 is 1.41 bits per heavy atom. The summed E-state index contributed by atoms with van der Waals surface area (Å²) in [6.07, 6.45) is 4.03. The first-order valence-electron chi connectivity index (χ1n) is 7.71.